The molecule has 0 spiro atoms. The molecule has 6 bridgehead atoms. The summed E-state index contributed by atoms with van der Waals surface area (Å²) in [5.74, 6) is -4.51. The fourth-order valence-corrected chi connectivity index (χ4v) is 9.05. The Balaban J connectivity index is 1.30. The van der Waals surface area contributed by atoms with E-state index in [9.17, 15) is 36.4 Å². The number of hydrogen-bond donors (Lipinski definition) is 3. The minimum absolute atomic E-state index is 0.103. The van der Waals surface area contributed by atoms with Gasteiger partial charge in [-0.15, -0.1) is 0 Å². The number of sulfonamides is 1. The third kappa shape index (κ3) is 8.50. The van der Waals surface area contributed by atoms with Crippen molar-refractivity contribution in [1.29, 1.82) is 0 Å². The predicted octanol–water partition coefficient (Wildman–Crippen LogP) is 5.23. The number of carbonyl (C=O) groups excluding carboxylic acids is 4. The van der Waals surface area contributed by atoms with Crippen molar-refractivity contribution in [2.75, 3.05) is 6.54 Å². The van der Waals surface area contributed by atoms with Crippen LogP contribution in [0.5, 0.6) is 0 Å². The van der Waals surface area contributed by atoms with E-state index in [1.807, 2.05) is 71.5 Å². The number of alkyl halides is 2. The highest BCUT2D eigenvalue weighted by Gasteiger charge is 2.67. The number of alkyl carbamates (subject to hydrolysis) is 1. The van der Waals surface area contributed by atoms with Crippen molar-refractivity contribution in [1.82, 2.24) is 35.2 Å². The molecule has 58 heavy (non-hydrogen) atoms. The van der Waals surface area contributed by atoms with Crippen molar-refractivity contribution in [3.63, 3.8) is 0 Å². The average molecular weight is 822 g/mol. The van der Waals surface area contributed by atoms with Crippen molar-refractivity contribution in [2.24, 2.45) is 11.3 Å². The Morgan fingerprint density at radius 3 is 2.31 bits per heavy atom. The first-order chi connectivity index (χ1) is 27.3. The first-order valence-electron chi connectivity index (χ1n) is 19.5. The van der Waals surface area contributed by atoms with Crippen LogP contribution in [0, 0.1) is 11.3 Å². The summed E-state index contributed by atoms with van der Waals surface area (Å²) in [7, 11) is -4.14. The highest BCUT2D eigenvalue weighted by atomic mass is 32.2. The summed E-state index contributed by atoms with van der Waals surface area (Å²) >= 11 is 0. The molecule has 3 fully saturated rings. The number of halogens is 2. The van der Waals surface area contributed by atoms with E-state index in [-0.39, 0.29) is 13.0 Å². The predicted molar refractivity (Wildman–Crippen MR) is 210 cm³/mol. The molecule has 310 valence electrons. The smallest absolute Gasteiger partial charge is 0.408 e. The molecular formula is C41H49F2N7O7S. The van der Waals surface area contributed by atoms with Gasteiger partial charge in [-0.25, -0.2) is 22.0 Å². The Labute approximate surface area is 336 Å². The lowest BCUT2D eigenvalue weighted by Gasteiger charge is -2.36. The molecule has 2 aromatic carbocycles. The van der Waals surface area contributed by atoms with Crippen molar-refractivity contribution in [3.05, 3.63) is 66.2 Å². The molecule has 2 aliphatic heterocycles. The number of rotatable bonds is 7. The second-order valence-corrected chi connectivity index (χ2v) is 19.4. The van der Waals surface area contributed by atoms with Crippen LogP contribution in [-0.4, -0.2) is 93.6 Å². The highest BCUT2D eigenvalue weighted by molar-refractivity contribution is 7.91. The quantitative estimate of drug-likeness (QED) is 0.288. The first kappa shape index (κ1) is 41.0. The van der Waals surface area contributed by atoms with Crippen molar-refractivity contribution >= 4 is 39.9 Å². The molecule has 2 saturated carbocycles. The Morgan fingerprint density at radius 2 is 1.67 bits per heavy atom. The average Bonchev–Trinajstić information content (AvgIpc) is 4.05. The maximum atomic E-state index is 14.8. The summed E-state index contributed by atoms with van der Waals surface area (Å²) in [6, 6.07) is 13.8. The van der Waals surface area contributed by atoms with E-state index in [0.29, 0.717) is 37.1 Å². The fraction of sp³-hybridized carbons (Fsp3) is 0.512. The Hall–Kier alpha value is -5.19. The van der Waals surface area contributed by atoms with Crippen LogP contribution in [0.15, 0.2) is 60.7 Å². The highest BCUT2D eigenvalue weighted by Crippen LogP contribution is 2.49. The lowest BCUT2D eigenvalue weighted by molar-refractivity contribution is -0.143. The number of carbonyl (C=O) groups is 4. The molecule has 3 N–H and O–H groups in total. The van der Waals surface area contributed by atoms with Crippen molar-refractivity contribution < 1.29 is 41.1 Å². The van der Waals surface area contributed by atoms with Gasteiger partial charge >= 0.3 is 6.09 Å². The Bertz CT molecular complexity index is 2240. The summed E-state index contributed by atoms with van der Waals surface area (Å²) in [5.41, 5.74) is -0.551. The second-order valence-electron chi connectivity index (χ2n) is 17.4. The lowest BCUT2D eigenvalue weighted by atomic mass is 9.85. The number of cyclic esters (lactones) is 1. The summed E-state index contributed by atoms with van der Waals surface area (Å²) in [5, 5.41) is 14.2. The maximum absolute atomic E-state index is 14.8. The van der Waals surface area contributed by atoms with Crippen LogP contribution in [0.4, 0.5) is 13.6 Å². The standard InChI is InChI=1S/C41H49F2N7O7S/c1-39(2,3)33-36(52)49-23-27(21-30(49)35(51)45-41(22-29(41)34(42)43)37(53)48-58(55,56)28-17-18-28)50-46-31(25-14-7-6-8-15-25)32(47-50)26-16-11-13-24(20-26)12-9-10-19-40(4,5)57-38(54)44-33/h6-9,11-16,20,27-30,33-34H,10,17-19,21-23H2,1-5H3,(H,44,54)(H,45,51)(H,48,53)/b12-9+/t27?,29-,30-,33+,41-/m0/s1. The molecule has 4 amide bonds. The molecule has 1 saturated heterocycles. The van der Waals surface area contributed by atoms with Gasteiger partial charge < -0.3 is 20.3 Å². The van der Waals surface area contributed by atoms with Crippen molar-refractivity contribution in [2.45, 2.75) is 114 Å². The van der Waals surface area contributed by atoms with Crippen LogP contribution in [0.25, 0.3) is 28.6 Å². The minimum atomic E-state index is -4.14. The van der Waals surface area contributed by atoms with E-state index in [1.165, 1.54) is 9.70 Å². The molecule has 17 heteroatoms. The van der Waals surface area contributed by atoms with E-state index < -0.39 is 92.5 Å². The van der Waals surface area contributed by atoms with E-state index in [1.54, 1.807) is 34.6 Å². The van der Waals surface area contributed by atoms with Gasteiger partial charge in [0.25, 0.3) is 5.91 Å². The van der Waals surface area contributed by atoms with Gasteiger partial charge in [0.1, 0.15) is 34.6 Å². The van der Waals surface area contributed by atoms with Crippen LogP contribution in [0.1, 0.15) is 84.7 Å². The topological polar surface area (TPSA) is 182 Å². The van der Waals surface area contributed by atoms with Gasteiger partial charge in [-0.05, 0) is 63.0 Å². The van der Waals surface area contributed by atoms with Gasteiger partial charge in [0.15, 0.2) is 0 Å². The third-order valence-corrected chi connectivity index (χ3v) is 13.1. The van der Waals surface area contributed by atoms with Crippen LogP contribution in [-0.2, 0) is 29.1 Å². The number of amides is 4. The zero-order chi connectivity index (χ0) is 41.8. The van der Waals surface area contributed by atoms with Gasteiger partial charge in [0.2, 0.25) is 28.3 Å². The number of aromatic nitrogens is 3. The summed E-state index contributed by atoms with van der Waals surface area (Å²) in [4.78, 5) is 58.9. The van der Waals surface area contributed by atoms with E-state index in [0.717, 1.165) is 16.7 Å². The fourth-order valence-electron chi connectivity index (χ4n) is 7.69. The first-order valence-corrected chi connectivity index (χ1v) is 21.1. The monoisotopic (exact) mass is 821 g/mol. The van der Waals surface area contributed by atoms with Crippen LogP contribution in [0.2, 0.25) is 0 Å². The molecule has 2 aliphatic carbocycles. The summed E-state index contributed by atoms with van der Waals surface area (Å²) in [6.07, 6.45) is 1.15. The number of nitrogens with one attached hydrogen (secondary N) is 3. The Morgan fingerprint density at radius 1 is 1.00 bits per heavy atom. The number of hydrogen-bond acceptors (Lipinski definition) is 9. The van der Waals surface area contributed by atoms with Gasteiger partial charge in [0, 0.05) is 24.1 Å². The molecule has 3 aromatic rings. The van der Waals surface area contributed by atoms with Crippen LogP contribution < -0.4 is 15.4 Å². The molecule has 14 nitrogen and oxygen atoms in total. The van der Waals surface area contributed by atoms with E-state index in [4.69, 9.17) is 14.9 Å². The SMILES string of the molecule is CC1(C)CC/C=C/c2cccc(c2)-c2nn(nc2-c2ccccc2)C2C[C@@H](C(=O)N[C@@]3(C(=O)NS(=O)(=O)C4CC4)C[C@H]3C(F)F)N(C2)C(=O)[C@H](C(C)(C)C)NC(=O)O1. The molecule has 1 aromatic heterocycles. The zero-order valence-corrected chi connectivity index (χ0v) is 33.9. The summed E-state index contributed by atoms with van der Waals surface area (Å²) < 4.78 is 61.7. The second kappa shape index (κ2) is 15.2. The van der Waals surface area contributed by atoms with Gasteiger partial charge in [-0.3, -0.25) is 19.1 Å². The zero-order valence-electron chi connectivity index (χ0n) is 33.1. The molecule has 4 aliphatic rings. The molecule has 7 rings (SSSR count). The number of benzene rings is 2. The number of ether oxygens (including phenoxy) is 1. The molecule has 0 radical (unpaired) electrons. The van der Waals surface area contributed by atoms with Crippen LogP contribution >= 0.6 is 0 Å². The number of nitrogens with zero attached hydrogens (tertiary/aromatic N) is 4. The van der Waals surface area contributed by atoms with E-state index >= 15 is 0 Å². The largest absolute Gasteiger partial charge is 0.444 e. The lowest BCUT2D eigenvalue weighted by Crippen LogP contribution is -2.60. The van der Waals surface area contributed by atoms with Gasteiger partial charge in [0.05, 0.1) is 17.2 Å². The summed E-state index contributed by atoms with van der Waals surface area (Å²) in [6.45, 7) is 8.61. The third-order valence-electron chi connectivity index (χ3n) is 11.3. The van der Waals surface area contributed by atoms with Gasteiger partial charge in [-0.1, -0.05) is 81.5 Å². The molecule has 1 unspecified atom stereocenters. The molecular weight excluding hydrogens is 773 g/mol. The number of fused-ring (bicyclic) bond motifs is 8. The van der Waals surface area contributed by atoms with Crippen LogP contribution in [0.3, 0.4) is 0 Å². The molecule has 5 atom stereocenters. The van der Waals surface area contributed by atoms with Crippen molar-refractivity contribution in [3.8, 4) is 22.5 Å². The van der Waals surface area contributed by atoms with Gasteiger partial charge in [-0.2, -0.15) is 15.0 Å². The maximum Gasteiger partial charge on any atom is 0.408 e. The van der Waals surface area contributed by atoms with E-state index in [2.05, 4.69) is 10.6 Å². The normalized spacial score (nSPS) is 26.7. The Kier molecular flexibility index (Phi) is 10.7. The number of allylic oxidation sites excluding steroid dienone is 1. The minimum Gasteiger partial charge on any atom is -0.444 e. The molecule has 3 heterocycles.